The third-order valence-electron chi connectivity index (χ3n) is 3.62. The Balaban J connectivity index is 1.56. The third kappa shape index (κ3) is 3.47. The molecule has 0 spiro atoms. The van der Waals surface area contributed by atoms with Gasteiger partial charge in [-0.1, -0.05) is 21.7 Å². The van der Waals surface area contributed by atoms with Gasteiger partial charge in [0.05, 0.1) is 6.42 Å². The number of hydrogen-bond donors (Lipinski definition) is 0. The summed E-state index contributed by atoms with van der Waals surface area (Å²) in [6.07, 6.45) is -4.40. The number of halogens is 3. The summed E-state index contributed by atoms with van der Waals surface area (Å²) in [6, 6.07) is 0. The summed E-state index contributed by atoms with van der Waals surface area (Å²) in [5.41, 5.74) is 1.05. The van der Waals surface area contributed by atoms with Crippen molar-refractivity contribution in [2.75, 3.05) is 31.1 Å². The molecule has 0 aliphatic carbocycles. The smallest absolute Gasteiger partial charge is 0.343 e. The van der Waals surface area contributed by atoms with E-state index in [1.165, 1.54) is 0 Å². The van der Waals surface area contributed by atoms with Gasteiger partial charge in [-0.15, -0.1) is 10.2 Å². The molecule has 12 heteroatoms. The van der Waals surface area contributed by atoms with Gasteiger partial charge in [-0.25, -0.2) is 4.63 Å². The maximum Gasteiger partial charge on any atom is 0.445 e. The second-order valence-corrected chi connectivity index (χ2v) is 6.18. The first kappa shape index (κ1) is 16.6. The maximum absolute atomic E-state index is 12.6. The van der Waals surface area contributed by atoms with Gasteiger partial charge in [0.2, 0.25) is 16.0 Å². The molecule has 1 amide bonds. The summed E-state index contributed by atoms with van der Waals surface area (Å²) < 4.78 is 42.3. The lowest BCUT2D eigenvalue weighted by atomic mass is 10.2. The molecule has 3 heterocycles. The minimum absolute atomic E-state index is 0.0896. The molecule has 8 nitrogen and oxygen atoms in total. The molecule has 0 radical (unpaired) electrons. The van der Waals surface area contributed by atoms with E-state index in [1.807, 2.05) is 0 Å². The SMILES string of the molecule is Cc1nonc1CC(=O)N1CCN(c2nnc(C(F)(F)F)s2)CC1. The van der Waals surface area contributed by atoms with Crippen LogP contribution in [-0.2, 0) is 17.4 Å². The number of piperazine rings is 1. The fourth-order valence-corrected chi connectivity index (χ4v) is 3.03. The molecule has 130 valence electrons. The molecule has 2 aromatic heterocycles. The van der Waals surface area contributed by atoms with E-state index in [1.54, 1.807) is 16.7 Å². The summed E-state index contributed by atoms with van der Waals surface area (Å²) in [5, 5.41) is 13.3. The lowest BCUT2D eigenvalue weighted by molar-refractivity contribution is -0.138. The highest BCUT2D eigenvalue weighted by Gasteiger charge is 2.36. The molecule has 0 saturated carbocycles. The summed E-state index contributed by atoms with van der Waals surface area (Å²) in [7, 11) is 0. The Labute approximate surface area is 138 Å². The standard InChI is InChI=1S/C12H13F3N6O2S/c1-7-8(19-23-18-7)6-9(22)20-2-4-21(5-3-20)11-17-16-10(24-11)12(13,14)15/h2-6H2,1H3. The van der Waals surface area contributed by atoms with Crippen molar-refractivity contribution in [2.24, 2.45) is 0 Å². The topological polar surface area (TPSA) is 88.3 Å². The van der Waals surface area contributed by atoms with Crippen LogP contribution >= 0.6 is 11.3 Å². The van der Waals surface area contributed by atoms with Gasteiger partial charge in [-0.3, -0.25) is 4.79 Å². The number of rotatable bonds is 3. The third-order valence-corrected chi connectivity index (χ3v) is 4.65. The van der Waals surface area contributed by atoms with E-state index in [9.17, 15) is 18.0 Å². The van der Waals surface area contributed by atoms with E-state index >= 15 is 0 Å². The van der Waals surface area contributed by atoms with Crippen molar-refractivity contribution in [1.29, 1.82) is 0 Å². The second-order valence-electron chi connectivity index (χ2n) is 5.23. The van der Waals surface area contributed by atoms with Crippen molar-refractivity contribution in [2.45, 2.75) is 19.5 Å². The molecule has 0 atom stereocenters. The normalized spacial score (nSPS) is 15.8. The highest BCUT2D eigenvalue weighted by atomic mass is 32.1. The molecule has 3 rings (SSSR count). The van der Waals surface area contributed by atoms with Gasteiger partial charge in [0.1, 0.15) is 11.4 Å². The highest BCUT2D eigenvalue weighted by Crippen LogP contribution is 2.34. The molecular formula is C12H13F3N6O2S. The molecule has 0 aromatic carbocycles. The van der Waals surface area contributed by atoms with E-state index in [0.717, 1.165) is 0 Å². The van der Waals surface area contributed by atoms with Crippen molar-refractivity contribution in [1.82, 2.24) is 25.4 Å². The first-order valence-electron chi connectivity index (χ1n) is 7.06. The molecule has 1 aliphatic rings. The number of aryl methyl sites for hydroxylation is 1. The molecular weight excluding hydrogens is 349 g/mol. The van der Waals surface area contributed by atoms with Crippen LogP contribution in [0.15, 0.2) is 4.63 Å². The highest BCUT2D eigenvalue weighted by molar-refractivity contribution is 7.15. The van der Waals surface area contributed by atoms with Crippen LogP contribution in [-0.4, -0.2) is 57.5 Å². The van der Waals surface area contributed by atoms with Crippen molar-refractivity contribution in [3.63, 3.8) is 0 Å². The van der Waals surface area contributed by atoms with Crippen LogP contribution in [0, 0.1) is 6.92 Å². The van der Waals surface area contributed by atoms with Gasteiger partial charge in [-0.05, 0) is 6.92 Å². The number of anilines is 1. The largest absolute Gasteiger partial charge is 0.445 e. The Kier molecular flexibility index (Phi) is 4.39. The number of amides is 1. The van der Waals surface area contributed by atoms with Gasteiger partial charge in [0, 0.05) is 26.2 Å². The van der Waals surface area contributed by atoms with Crippen LogP contribution in [0.3, 0.4) is 0 Å². The summed E-state index contributed by atoms with van der Waals surface area (Å²) >= 11 is 0.506. The van der Waals surface area contributed by atoms with Gasteiger partial charge in [0.25, 0.3) is 0 Å². The first-order valence-corrected chi connectivity index (χ1v) is 7.87. The first-order chi connectivity index (χ1) is 11.3. The quantitative estimate of drug-likeness (QED) is 0.809. The Hall–Kier alpha value is -2.24. The molecule has 0 N–H and O–H groups in total. The minimum Gasteiger partial charge on any atom is -0.343 e. The Morgan fingerprint density at radius 3 is 2.46 bits per heavy atom. The molecule has 2 aromatic rings. The van der Waals surface area contributed by atoms with Crippen molar-refractivity contribution < 1.29 is 22.6 Å². The summed E-state index contributed by atoms with van der Waals surface area (Å²) in [6.45, 7) is 3.28. The minimum atomic E-state index is -4.49. The van der Waals surface area contributed by atoms with E-state index in [2.05, 4.69) is 25.1 Å². The zero-order chi connectivity index (χ0) is 17.3. The lowest BCUT2D eigenvalue weighted by Gasteiger charge is -2.34. The fourth-order valence-electron chi connectivity index (χ4n) is 2.27. The lowest BCUT2D eigenvalue weighted by Crippen LogP contribution is -2.49. The Morgan fingerprint density at radius 1 is 1.21 bits per heavy atom. The van der Waals surface area contributed by atoms with Gasteiger partial charge in [-0.2, -0.15) is 13.2 Å². The van der Waals surface area contributed by atoms with Crippen LogP contribution < -0.4 is 4.90 Å². The number of nitrogens with zero attached hydrogens (tertiary/aromatic N) is 6. The second kappa shape index (κ2) is 6.34. The summed E-state index contributed by atoms with van der Waals surface area (Å²) in [5.74, 6) is -0.123. The van der Waals surface area contributed by atoms with Crippen molar-refractivity contribution >= 4 is 22.4 Å². The average Bonchev–Trinajstić information content (AvgIpc) is 3.17. The summed E-state index contributed by atoms with van der Waals surface area (Å²) in [4.78, 5) is 15.5. The number of aromatic nitrogens is 4. The molecule has 24 heavy (non-hydrogen) atoms. The zero-order valence-electron chi connectivity index (χ0n) is 12.6. The molecule has 0 unspecified atom stereocenters. The number of carbonyl (C=O) groups is 1. The van der Waals surface area contributed by atoms with E-state index in [-0.39, 0.29) is 17.5 Å². The van der Waals surface area contributed by atoms with Crippen LogP contribution in [0.5, 0.6) is 0 Å². The maximum atomic E-state index is 12.6. The Bertz CT molecular complexity index is 722. The number of carbonyl (C=O) groups excluding carboxylic acids is 1. The van der Waals surface area contributed by atoms with E-state index in [4.69, 9.17) is 0 Å². The van der Waals surface area contributed by atoms with E-state index < -0.39 is 11.2 Å². The van der Waals surface area contributed by atoms with E-state index in [0.29, 0.717) is 48.9 Å². The van der Waals surface area contributed by atoms with Crippen LogP contribution in [0.4, 0.5) is 18.3 Å². The van der Waals surface area contributed by atoms with Crippen LogP contribution in [0.2, 0.25) is 0 Å². The number of hydrogen-bond acceptors (Lipinski definition) is 8. The predicted octanol–water partition coefficient (Wildman–Crippen LogP) is 1.14. The van der Waals surface area contributed by atoms with Crippen LogP contribution in [0.25, 0.3) is 0 Å². The van der Waals surface area contributed by atoms with Crippen molar-refractivity contribution in [3.8, 4) is 0 Å². The van der Waals surface area contributed by atoms with Crippen molar-refractivity contribution in [3.05, 3.63) is 16.4 Å². The van der Waals surface area contributed by atoms with Gasteiger partial charge >= 0.3 is 6.18 Å². The molecule has 1 fully saturated rings. The van der Waals surface area contributed by atoms with Crippen LogP contribution in [0.1, 0.15) is 16.4 Å². The predicted molar refractivity (Wildman–Crippen MR) is 76.4 cm³/mol. The molecule has 0 bridgehead atoms. The van der Waals surface area contributed by atoms with Gasteiger partial charge < -0.3 is 9.80 Å². The molecule has 1 saturated heterocycles. The average molecular weight is 362 g/mol. The Morgan fingerprint density at radius 2 is 1.92 bits per heavy atom. The fraction of sp³-hybridized carbons (Fsp3) is 0.583. The monoisotopic (exact) mass is 362 g/mol. The number of alkyl halides is 3. The van der Waals surface area contributed by atoms with Gasteiger partial charge in [0.15, 0.2) is 0 Å². The zero-order valence-corrected chi connectivity index (χ0v) is 13.4. The molecule has 1 aliphatic heterocycles.